The van der Waals surface area contributed by atoms with Crippen molar-refractivity contribution in [2.75, 3.05) is 18.5 Å². The van der Waals surface area contributed by atoms with Crippen LogP contribution in [0.3, 0.4) is 0 Å². The zero-order valence-corrected chi connectivity index (χ0v) is 18.3. The van der Waals surface area contributed by atoms with Crippen LogP contribution >= 0.6 is 23.2 Å². The Balaban J connectivity index is 1.47. The van der Waals surface area contributed by atoms with Crippen LogP contribution < -0.4 is 15.4 Å². The first kappa shape index (κ1) is 22.2. The van der Waals surface area contributed by atoms with E-state index in [1.165, 1.54) is 0 Å². The van der Waals surface area contributed by atoms with Gasteiger partial charge in [0.2, 0.25) is 0 Å². The van der Waals surface area contributed by atoms with Crippen molar-refractivity contribution in [3.63, 3.8) is 0 Å². The number of para-hydroxylation sites is 1. The SMILES string of the molecule is Cc1ccc(NC(=O)COc2ccccc2CNCCc2ccc(Cl)cc2Cl)cc1. The molecule has 1 amide bonds. The molecule has 6 heteroatoms. The molecule has 0 unspecified atom stereocenters. The van der Waals surface area contributed by atoms with E-state index in [9.17, 15) is 4.79 Å². The second-order valence-corrected chi connectivity index (χ2v) is 7.82. The molecule has 0 aliphatic heterocycles. The molecular weight excluding hydrogens is 419 g/mol. The highest BCUT2D eigenvalue weighted by Gasteiger charge is 2.08. The van der Waals surface area contributed by atoms with Gasteiger partial charge in [0, 0.05) is 27.8 Å². The Labute approximate surface area is 187 Å². The van der Waals surface area contributed by atoms with Gasteiger partial charge in [-0.25, -0.2) is 0 Å². The summed E-state index contributed by atoms with van der Waals surface area (Å²) in [6.07, 6.45) is 0.790. The Morgan fingerprint density at radius 2 is 1.73 bits per heavy atom. The zero-order valence-electron chi connectivity index (χ0n) is 16.8. The molecule has 2 N–H and O–H groups in total. The normalized spacial score (nSPS) is 10.6. The summed E-state index contributed by atoms with van der Waals surface area (Å²) >= 11 is 12.2. The number of anilines is 1. The molecule has 0 saturated heterocycles. The van der Waals surface area contributed by atoms with Crippen LogP contribution in [0.2, 0.25) is 10.0 Å². The van der Waals surface area contributed by atoms with Crippen molar-refractivity contribution in [1.82, 2.24) is 5.32 Å². The van der Waals surface area contributed by atoms with Gasteiger partial charge in [0.05, 0.1) is 0 Å². The maximum Gasteiger partial charge on any atom is 0.262 e. The maximum atomic E-state index is 12.2. The van der Waals surface area contributed by atoms with Crippen LogP contribution in [0.25, 0.3) is 0 Å². The highest BCUT2D eigenvalue weighted by molar-refractivity contribution is 6.35. The lowest BCUT2D eigenvalue weighted by molar-refractivity contribution is -0.118. The predicted molar refractivity (Wildman–Crippen MR) is 124 cm³/mol. The first-order chi connectivity index (χ1) is 14.5. The van der Waals surface area contributed by atoms with Crippen molar-refractivity contribution in [1.29, 1.82) is 0 Å². The van der Waals surface area contributed by atoms with E-state index < -0.39 is 0 Å². The fourth-order valence-corrected chi connectivity index (χ4v) is 3.44. The lowest BCUT2D eigenvalue weighted by Gasteiger charge is -2.13. The third kappa shape index (κ3) is 6.77. The van der Waals surface area contributed by atoms with Crippen LogP contribution in [-0.4, -0.2) is 19.1 Å². The number of hydrogen-bond acceptors (Lipinski definition) is 3. The molecule has 3 rings (SSSR count). The van der Waals surface area contributed by atoms with Gasteiger partial charge in [-0.3, -0.25) is 4.79 Å². The van der Waals surface area contributed by atoms with Crippen molar-refractivity contribution in [2.24, 2.45) is 0 Å². The third-order valence-electron chi connectivity index (χ3n) is 4.57. The van der Waals surface area contributed by atoms with Gasteiger partial charge in [-0.2, -0.15) is 0 Å². The van der Waals surface area contributed by atoms with E-state index in [0.717, 1.165) is 35.3 Å². The van der Waals surface area contributed by atoms with Gasteiger partial charge in [-0.05, 0) is 55.8 Å². The number of hydrogen-bond donors (Lipinski definition) is 2. The third-order valence-corrected chi connectivity index (χ3v) is 5.16. The fraction of sp³-hybridized carbons (Fsp3) is 0.208. The molecule has 156 valence electrons. The highest BCUT2D eigenvalue weighted by atomic mass is 35.5. The van der Waals surface area contributed by atoms with E-state index >= 15 is 0 Å². The summed E-state index contributed by atoms with van der Waals surface area (Å²) in [5.41, 5.74) is 3.93. The topological polar surface area (TPSA) is 50.4 Å². The lowest BCUT2D eigenvalue weighted by atomic mass is 10.1. The summed E-state index contributed by atoms with van der Waals surface area (Å²) in [7, 11) is 0. The number of carbonyl (C=O) groups excluding carboxylic acids is 1. The van der Waals surface area contributed by atoms with Gasteiger partial charge in [0.15, 0.2) is 6.61 Å². The molecule has 4 nitrogen and oxygen atoms in total. The molecule has 0 saturated carbocycles. The van der Waals surface area contributed by atoms with Crippen LogP contribution in [0.1, 0.15) is 16.7 Å². The van der Waals surface area contributed by atoms with Gasteiger partial charge in [-0.1, -0.05) is 65.2 Å². The summed E-state index contributed by atoms with van der Waals surface area (Å²) < 4.78 is 5.75. The minimum atomic E-state index is -0.195. The standard InChI is InChI=1S/C24H24Cl2N2O2/c1-17-6-10-21(11-7-17)28-24(29)16-30-23-5-3-2-4-19(23)15-27-13-12-18-8-9-20(25)14-22(18)26/h2-11,14,27H,12-13,15-16H2,1H3,(H,28,29). The number of benzene rings is 3. The van der Waals surface area contributed by atoms with Gasteiger partial charge < -0.3 is 15.4 Å². The summed E-state index contributed by atoms with van der Waals surface area (Å²) in [6, 6.07) is 20.9. The number of aryl methyl sites for hydroxylation is 1. The van der Waals surface area contributed by atoms with Crippen molar-refractivity contribution >= 4 is 34.8 Å². The lowest BCUT2D eigenvalue weighted by Crippen LogP contribution is -2.21. The van der Waals surface area contributed by atoms with E-state index in [0.29, 0.717) is 22.3 Å². The van der Waals surface area contributed by atoms with Crippen LogP contribution in [0, 0.1) is 6.92 Å². The first-order valence-electron chi connectivity index (χ1n) is 9.73. The smallest absolute Gasteiger partial charge is 0.262 e. The molecule has 0 radical (unpaired) electrons. The highest BCUT2D eigenvalue weighted by Crippen LogP contribution is 2.21. The summed E-state index contributed by atoms with van der Waals surface area (Å²) in [4.78, 5) is 12.2. The molecule has 0 bridgehead atoms. The molecular formula is C24H24Cl2N2O2. The number of rotatable bonds is 9. The van der Waals surface area contributed by atoms with Crippen molar-refractivity contribution in [3.8, 4) is 5.75 Å². The first-order valence-corrected chi connectivity index (χ1v) is 10.5. The van der Waals surface area contributed by atoms with E-state index in [4.69, 9.17) is 27.9 Å². The number of carbonyl (C=O) groups is 1. The van der Waals surface area contributed by atoms with E-state index in [-0.39, 0.29) is 12.5 Å². The molecule has 0 atom stereocenters. The molecule has 30 heavy (non-hydrogen) atoms. The second kappa shape index (κ2) is 11.0. The number of ether oxygens (including phenoxy) is 1. The molecule has 0 spiro atoms. The average molecular weight is 443 g/mol. The molecule has 0 aliphatic rings. The van der Waals surface area contributed by atoms with Gasteiger partial charge >= 0.3 is 0 Å². The van der Waals surface area contributed by atoms with Crippen molar-refractivity contribution in [2.45, 2.75) is 19.9 Å². The number of halogens is 2. The molecule has 0 heterocycles. The molecule has 3 aromatic rings. The largest absolute Gasteiger partial charge is 0.483 e. The molecule has 0 fully saturated rings. The van der Waals surface area contributed by atoms with E-state index in [1.54, 1.807) is 6.07 Å². The molecule has 0 aliphatic carbocycles. The number of amides is 1. The number of nitrogens with one attached hydrogen (secondary N) is 2. The van der Waals surface area contributed by atoms with Crippen molar-refractivity contribution in [3.05, 3.63) is 93.5 Å². The van der Waals surface area contributed by atoms with Crippen molar-refractivity contribution < 1.29 is 9.53 Å². The van der Waals surface area contributed by atoms with Crippen LogP contribution in [0.5, 0.6) is 5.75 Å². The monoisotopic (exact) mass is 442 g/mol. The Bertz CT molecular complexity index is 991. The van der Waals surface area contributed by atoms with Gasteiger partial charge in [0.25, 0.3) is 5.91 Å². The van der Waals surface area contributed by atoms with Crippen LogP contribution in [-0.2, 0) is 17.8 Å². The molecule has 0 aromatic heterocycles. The van der Waals surface area contributed by atoms with E-state index in [2.05, 4.69) is 10.6 Å². The minimum Gasteiger partial charge on any atom is -0.483 e. The summed E-state index contributed by atoms with van der Waals surface area (Å²) in [6.45, 7) is 3.33. The Hall–Kier alpha value is -2.53. The maximum absolute atomic E-state index is 12.2. The Morgan fingerprint density at radius 3 is 2.50 bits per heavy atom. The van der Waals surface area contributed by atoms with Crippen LogP contribution in [0.15, 0.2) is 66.7 Å². The van der Waals surface area contributed by atoms with Crippen LogP contribution in [0.4, 0.5) is 5.69 Å². The predicted octanol–water partition coefficient (Wildman–Crippen LogP) is 5.65. The minimum absolute atomic E-state index is 0.0503. The Morgan fingerprint density at radius 1 is 0.967 bits per heavy atom. The quantitative estimate of drug-likeness (QED) is 0.420. The summed E-state index contributed by atoms with van der Waals surface area (Å²) in [5.74, 6) is 0.493. The van der Waals surface area contributed by atoms with Gasteiger partial charge in [0.1, 0.15) is 5.75 Å². The zero-order chi connectivity index (χ0) is 21.3. The Kier molecular flexibility index (Phi) is 8.14. The molecule has 3 aromatic carbocycles. The summed E-state index contributed by atoms with van der Waals surface area (Å²) in [5, 5.41) is 7.54. The average Bonchev–Trinajstić information content (AvgIpc) is 2.73. The second-order valence-electron chi connectivity index (χ2n) is 6.97. The van der Waals surface area contributed by atoms with Gasteiger partial charge in [-0.15, -0.1) is 0 Å². The fourth-order valence-electron chi connectivity index (χ4n) is 2.94. The van der Waals surface area contributed by atoms with E-state index in [1.807, 2.05) is 67.6 Å².